The van der Waals surface area contributed by atoms with Gasteiger partial charge in [-0.1, -0.05) is 0 Å². The van der Waals surface area contributed by atoms with Crippen LogP contribution in [0.5, 0.6) is 0 Å². The molecule has 4 heteroatoms. The largest absolute Gasteiger partial charge is 0.618 e. The van der Waals surface area contributed by atoms with E-state index in [1.807, 2.05) is 13.0 Å². The van der Waals surface area contributed by atoms with E-state index in [4.69, 9.17) is 4.74 Å². The summed E-state index contributed by atoms with van der Waals surface area (Å²) in [5.41, 5.74) is 2.26. The number of carbonyl (C=O) groups is 1. The molecule has 0 fully saturated rings. The van der Waals surface area contributed by atoms with E-state index in [9.17, 15) is 10.0 Å². The van der Waals surface area contributed by atoms with Gasteiger partial charge in [-0.05, 0) is 13.0 Å². The van der Waals surface area contributed by atoms with Crippen LogP contribution in [0.15, 0.2) is 12.3 Å². The summed E-state index contributed by atoms with van der Waals surface area (Å²) >= 11 is 0. The summed E-state index contributed by atoms with van der Waals surface area (Å²) in [6.45, 7) is 5.09. The molecule has 0 aliphatic rings. The van der Waals surface area contributed by atoms with Crippen molar-refractivity contribution in [3.8, 4) is 0 Å². The summed E-state index contributed by atoms with van der Waals surface area (Å²) in [5, 5.41) is 11.3. The van der Waals surface area contributed by atoms with Crippen molar-refractivity contribution in [2.24, 2.45) is 0 Å². The molecule has 0 bridgehead atoms. The molecule has 4 nitrogen and oxygen atoms in total. The van der Waals surface area contributed by atoms with Gasteiger partial charge in [0.25, 0.3) is 0 Å². The van der Waals surface area contributed by atoms with Crippen molar-refractivity contribution in [3.63, 3.8) is 0 Å². The smallest absolute Gasteiger partial charge is 0.302 e. The van der Waals surface area contributed by atoms with Crippen molar-refractivity contribution in [2.75, 3.05) is 0 Å². The van der Waals surface area contributed by atoms with Gasteiger partial charge in [-0.25, -0.2) is 0 Å². The fourth-order valence-electron chi connectivity index (χ4n) is 1.10. The SMILES string of the molecule is CC(=O)OCc1cc(C)c(C)[n+]([O-])c1. The second-order valence-corrected chi connectivity index (χ2v) is 3.22. The molecule has 0 N–H and O–H groups in total. The summed E-state index contributed by atoms with van der Waals surface area (Å²) in [5.74, 6) is -0.347. The first-order valence-corrected chi connectivity index (χ1v) is 4.33. The highest BCUT2D eigenvalue weighted by atomic mass is 16.5. The van der Waals surface area contributed by atoms with Crippen LogP contribution in [0.2, 0.25) is 0 Å². The van der Waals surface area contributed by atoms with Crippen LogP contribution in [0.3, 0.4) is 0 Å². The number of rotatable bonds is 2. The van der Waals surface area contributed by atoms with Crippen LogP contribution in [-0.2, 0) is 16.1 Å². The van der Waals surface area contributed by atoms with E-state index in [1.165, 1.54) is 13.1 Å². The average Bonchev–Trinajstić information content (AvgIpc) is 2.10. The topological polar surface area (TPSA) is 53.2 Å². The highest BCUT2D eigenvalue weighted by molar-refractivity contribution is 5.65. The van der Waals surface area contributed by atoms with E-state index in [-0.39, 0.29) is 12.6 Å². The molecule has 1 heterocycles. The number of pyridine rings is 1. The van der Waals surface area contributed by atoms with Gasteiger partial charge in [0.1, 0.15) is 6.61 Å². The third kappa shape index (κ3) is 2.45. The second-order valence-electron chi connectivity index (χ2n) is 3.22. The number of esters is 1. The number of aromatic nitrogens is 1. The number of carbonyl (C=O) groups excluding carboxylic acids is 1. The zero-order valence-electron chi connectivity index (χ0n) is 8.53. The third-order valence-electron chi connectivity index (χ3n) is 2.03. The van der Waals surface area contributed by atoms with Crippen molar-refractivity contribution in [1.82, 2.24) is 0 Å². The summed E-state index contributed by atoms with van der Waals surface area (Å²) in [7, 11) is 0. The normalized spacial score (nSPS) is 9.93. The maximum Gasteiger partial charge on any atom is 0.302 e. The predicted octanol–water partition coefficient (Wildman–Crippen LogP) is 1.000. The molecule has 0 atom stereocenters. The molecule has 0 amide bonds. The number of hydrogen-bond donors (Lipinski definition) is 0. The van der Waals surface area contributed by atoms with Crippen LogP contribution in [0.25, 0.3) is 0 Å². The Morgan fingerprint density at radius 3 is 2.71 bits per heavy atom. The molecule has 0 radical (unpaired) electrons. The molecule has 1 rings (SSSR count). The third-order valence-corrected chi connectivity index (χ3v) is 2.03. The van der Waals surface area contributed by atoms with Gasteiger partial charge in [0.15, 0.2) is 11.9 Å². The van der Waals surface area contributed by atoms with E-state index in [1.54, 1.807) is 6.92 Å². The summed E-state index contributed by atoms with van der Waals surface area (Å²) in [4.78, 5) is 10.5. The molecule has 0 saturated heterocycles. The van der Waals surface area contributed by atoms with E-state index in [0.717, 1.165) is 10.3 Å². The summed E-state index contributed by atoms with van der Waals surface area (Å²) < 4.78 is 5.57. The van der Waals surface area contributed by atoms with Crippen molar-refractivity contribution < 1.29 is 14.3 Å². The first-order valence-electron chi connectivity index (χ1n) is 4.33. The van der Waals surface area contributed by atoms with Crippen LogP contribution in [0.4, 0.5) is 0 Å². The quantitative estimate of drug-likeness (QED) is 0.402. The zero-order chi connectivity index (χ0) is 10.7. The maximum absolute atomic E-state index is 11.3. The Hall–Kier alpha value is -1.58. The van der Waals surface area contributed by atoms with Gasteiger partial charge in [0, 0.05) is 19.4 Å². The van der Waals surface area contributed by atoms with Gasteiger partial charge in [0.05, 0.1) is 5.56 Å². The minimum Gasteiger partial charge on any atom is -0.618 e. The van der Waals surface area contributed by atoms with Gasteiger partial charge in [-0.2, -0.15) is 4.73 Å². The Morgan fingerprint density at radius 1 is 1.57 bits per heavy atom. The van der Waals surface area contributed by atoms with Crippen molar-refractivity contribution in [2.45, 2.75) is 27.4 Å². The Bertz CT molecular complexity index is 337. The molecule has 0 aromatic carbocycles. The molecule has 0 saturated carbocycles. The van der Waals surface area contributed by atoms with Crippen molar-refractivity contribution in [1.29, 1.82) is 0 Å². The highest BCUT2D eigenvalue weighted by Crippen LogP contribution is 2.06. The fraction of sp³-hybridized carbons (Fsp3) is 0.400. The number of hydrogen-bond acceptors (Lipinski definition) is 3. The molecule has 0 unspecified atom stereocenters. The standard InChI is InChI=1S/C10H13NO3/c1-7-4-10(6-14-9(3)12)5-11(13)8(7)2/h4-5H,6H2,1-3H3. The van der Waals surface area contributed by atoms with E-state index < -0.39 is 0 Å². The van der Waals surface area contributed by atoms with Crippen molar-refractivity contribution >= 4 is 5.97 Å². The first kappa shape index (κ1) is 10.5. The Kier molecular flexibility index (Phi) is 3.06. The second kappa shape index (κ2) is 4.09. The average molecular weight is 195 g/mol. The van der Waals surface area contributed by atoms with Crippen LogP contribution < -0.4 is 4.73 Å². The number of nitrogens with zero attached hydrogens (tertiary/aromatic N) is 1. The van der Waals surface area contributed by atoms with Crippen LogP contribution >= 0.6 is 0 Å². The molecule has 14 heavy (non-hydrogen) atoms. The molecule has 0 aliphatic heterocycles. The molecule has 0 aliphatic carbocycles. The molecule has 1 aromatic heterocycles. The van der Waals surface area contributed by atoms with E-state index in [0.29, 0.717) is 11.3 Å². The molecule has 1 aromatic rings. The van der Waals surface area contributed by atoms with E-state index >= 15 is 0 Å². The lowest BCUT2D eigenvalue weighted by molar-refractivity contribution is -0.613. The summed E-state index contributed by atoms with van der Waals surface area (Å²) in [6.07, 6.45) is 1.42. The highest BCUT2D eigenvalue weighted by Gasteiger charge is 2.07. The van der Waals surface area contributed by atoms with Gasteiger partial charge in [0.2, 0.25) is 0 Å². The predicted molar refractivity (Wildman–Crippen MR) is 50.3 cm³/mol. The lowest BCUT2D eigenvalue weighted by atomic mass is 10.2. The van der Waals surface area contributed by atoms with Gasteiger partial charge in [-0.3, -0.25) is 4.79 Å². The van der Waals surface area contributed by atoms with Crippen LogP contribution in [-0.4, -0.2) is 5.97 Å². The van der Waals surface area contributed by atoms with Crippen LogP contribution in [0.1, 0.15) is 23.7 Å². The minimum absolute atomic E-state index is 0.151. The molecule has 0 spiro atoms. The van der Waals surface area contributed by atoms with E-state index in [2.05, 4.69) is 0 Å². The summed E-state index contributed by atoms with van der Waals surface area (Å²) in [6, 6.07) is 1.84. The molecule has 76 valence electrons. The van der Waals surface area contributed by atoms with Crippen LogP contribution in [0, 0.1) is 19.1 Å². The lowest BCUT2D eigenvalue weighted by Crippen LogP contribution is -2.31. The number of ether oxygens (including phenoxy) is 1. The zero-order valence-corrected chi connectivity index (χ0v) is 8.53. The lowest BCUT2D eigenvalue weighted by Gasteiger charge is -2.06. The van der Waals surface area contributed by atoms with Crippen molar-refractivity contribution in [3.05, 3.63) is 34.3 Å². The Labute approximate surface area is 82.7 Å². The maximum atomic E-state index is 11.3. The fourth-order valence-corrected chi connectivity index (χ4v) is 1.10. The molecular weight excluding hydrogens is 182 g/mol. The number of aryl methyl sites for hydroxylation is 1. The van der Waals surface area contributed by atoms with Gasteiger partial charge in [-0.15, -0.1) is 0 Å². The van der Waals surface area contributed by atoms with Gasteiger partial charge < -0.3 is 9.94 Å². The first-order chi connectivity index (χ1) is 6.50. The van der Waals surface area contributed by atoms with Gasteiger partial charge >= 0.3 is 5.97 Å². The monoisotopic (exact) mass is 195 g/mol. The Morgan fingerprint density at radius 2 is 2.21 bits per heavy atom. The molecular formula is C10H13NO3. The minimum atomic E-state index is -0.347. The Balaban J connectivity index is 2.84.